The van der Waals surface area contributed by atoms with Crippen LogP contribution in [0.15, 0.2) is 34.6 Å². The molecule has 1 aliphatic heterocycles. The molecule has 0 spiro atoms. The van der Waals surface area contributed by atoms with Crippen molar-refractivity contribution in [2.75, 3.05) is 34.3 Å². The van der Waals surface area contributed by atoms with Crippen LogP contribution in [0.2, 0.25) is 0 Å². The molecule has 170 valence electrons. The average molecular weight is 444 g/mol. The normalized spacial score (nSPS) is 17.0. The topological polar surface area (TPSA) is 53.0 Å². The van der Waals surface area contributed by atoms with Gasteiger partial charge in [-0.1, -0.05) is 31.2 Å². The minimum absolute atomic E-state index is 0.0297. The number of guanidine groups is 1. The summed E-state index contributed by atoms with van der Waals surface area (Å²) in [7, 11) is 5.58. The summed E-state index contributed by atoms with van der Waals surface area (Å²) in [6, 6.07) is 8.90. The van der Waals surface area contributed by atoms with E-state index in [1.54, 1.807) is 18.4 Å². The molecule has 2 aromatic rings. The zero-order valence-electron chi connectivity index (χ0n) is 19.6. The SMILES string of the molecule is CN=C(NCc1cccc(CN2CCC(C)CC2)c1)N(C)Cc1csc(C(C)OC)n1. The van der Waals surface area contributed by atoms with Crippen LogP contribution in [0.3, 0.4) is 0 Å². The lowest BCUT2D eigenvalue weighted by molar-refractivity contribution is 0.119. The first-order chi connectivity index (χ1) is 15.0. The Balaban J connectivity index is 1.52. The average Bonchev–Trinajstić information content (AvgIpc) is 3.24. The molecule has 1 aromatic carbocycles. The molecule has 0 radical (unpaired) electrons. The van der Waals surface area contributed by atoms with E-state index >= 15 is 0 Å². The molecule has 1 aliphatic rings. The van der Waals surface area contributed by atoms with E-state index in [1.807, 2.05) is 21.0 Å². The number of aromatic nitrogens is 1. The smallest absolute Gasteiger partial charge is 0.194 e. The number of nitrogens with one attached hydrogen (secondary N) is 1. The monoisotopic (exact) mass is 443 g/mol. The van der Waals surface area contributed by atoms with Crippen LogP contribution in [0.5, 0.6) is 0 Å². The van der Waals surface area contributed by atoms with Gasteiger partial charge in [-0.05, 0) is 49.9 Å². The van der Waals surface area contributed by atoms with E-state index in [4.69, 9.17) is 9.72 Å². The third-order valence-electron chi connectivity index (χ3n) is 5.97. The summed E-state index contributed by atoms with van der Waals surface area (Å²) in [5.74, 6) is 1.74. The summed E-state index contributed by atoms with van der Waals surface area (Å²) in [5.41, 5.74) is 3.70. The molecule has 0 amide bonds. The number of aliphatic imine (C=N–C) groups is 1. The highest BCUT2D eigenvalue weighted by atomic mass is 32.1. The van der Waals surface area contributed by atoms with Crippen molar-refractivity contribution in [3.05, 3.63) is 51.5 Å². The second-order valence-electron chi connectivity index (χ2n) is 8.59. The fourth-order valence-corrected chi connectivity index (χ4v) is 4.72. The molecule has 1 aromatic heterocycles. The summed E-state index contributed by atoms with van der Waals surface area (Å²) in [5, 5.41) is 6.60. The molecule has 1 N–H and O–H groups in total. The second kappa shape index (κ2) is 11.6. The number of benzene rings is 1. The highest BCUT2D eigenvalue weighted by Gasteiger charge is 2.16. The van der Waals surface area contributed by atoms with E-state index in [0.717, 1.165) is 35.7 Å². The molecule has 1 fully saturated rings. The number of hydrogen-bond acceptors (Lipinski definition) is 5. The Bertz CT molecular complexity index is 844. The Hall–Kier alpha value is -1.96. The van der Waals surface area contributed by atoms with Gasteiger partial charge < -0.3 is 15.0 Å². The molecular formula is C24H37N5OS. The van der Waals surface area contributed by atoms with Crippen LogP contribution in [0, 0.1) is 5.92 Å². The maximum Gasteiger partial charge on any atom is 0.194 e. The fraction of sp³-hybridized carbons (Fsp3) is 0.583. The van der Waals surface area contributed by atoms with Crippen molar-refractivity contribution in [1.82, 2.24) is 20.1 Å². The molecule has 1 saturated heterocycles. The van der Waals surface area contributed by atoms with Gasteiger partial charge in [-0.15, -0.1) is 11.3 Å². The van der Waals surface area contributed by atoms with Gasteiger partial charge in [0.15, 0.2) is 5.96 Å². The van der Waals surface area contributed by atoms with Gasteiger partial charge in [-0.3, -0.25) is 9.89 Å². The first kappa shape index (κ1) is 23.7. The van der Waals surface area contributed by atoms with Gasteiger partial charge in [-0.25, -0.2) is 4.98 Å². The van der Waals surface area contributed by atoms with Gasteiger partial charge in [0.05, 0.1) is 12.2 Å². The van der Waals surface area contributed by atoms with Gasteiger partial charge in [0.1, 0.15) is 11.1 Å². The highest BCUT2D eigenvalue weighted by Crippen LogP contribution is 2.21. The summed E-state index contributed by atoms with van der Waals surface area (Å²) >= 11 is 1.64. The minimum Gasteiger partial charge on any atom is -0.375 e. The number of likely N-dealkylation sites (tertiary alicyclic amines) is 1. The molecule has 0 saturated carbocycles. The number of nitrogens with zero attached hydrogens (tertiary/aromatic N) is 4. The van der Waals surface area contributed by atoms with E-state index in [2.05, 4.69) is 56.7 Å². The number of methoxy groups -OCH3 is 1. The molecule has 2 heterocycles. The van der Waals surface area contributed by atoms with Crippen molar-refractivity contribution in [2.24, 2.45) is 10.9 Å². The van der Waals surface area contributed by atoms with Crippen LogP contribution in [-0.2, 0) is 24.4 Å². The quantitative estimate of drug-likeness (QED) is 0.487. The molecule has 1 unspecified atom stereocenters. The zero-order chi connectivity index (χ0) is 22.2. The van der Waals surface area contributed by atoms with Crippen molar-refractivity contribution >= 4 is 17.3 Å². The number of rotatable bonds is 8. The number of thiazole rings is 1. The third kappa shape index (κ3) is 7.02. The number of hydrogen-bond donors (Lipinski definition) is 1. The minimum atomic E-state index is 0.0297. The van der Waals surface area contributed by atoms with Crippen LogP contribution in [-0.4, -0.2) is 55.0 Å². The van der Waals surface area contributed by atoms with E-state index in [1.165, 1.54) is 37.1 Å². The number of ether oxygens (including phenoxy) is 1. The zero-order valence-corrected chi connectivity index (χ0v) is 20.4. The standard InChI is InChI=1S/C24H37N5OS/c1-18-9-11-29(12-10-18)15-21-8-6-7-20(13-21)14-26-24(25-3)28(4)16-22-17-31-23(27-22)19(2)30-5/h6-8,13,17-19H,9-12,14-16H2,1-5H3,(H,25,26). The molecule has 31 heavy (non-hydrogen) atoms. The Morgan fingerprint density at radius 2 is 2.10 bits per heavy atom. The molecule has 3 rings (SSSR count). The first-order valence-corrected chi connectivity index (χ1v) is 12.1. The predicted molar refractivity (Wildman–Crippen MR) is 129 cm³/mol. The van der Waals surface area contributed by atoms with Crippen molar-refractivity contribution in [2.45, 2.75) is 52.4 Å². The lowest BCUT2D eigenvalue weighted by atomic mass is 9.98. The summed E-state index contributed by atoms with van der Waals surface area (Å²) in [4.78, 5) is 13.8. The molecule has 0 aliphatic carbocycles. The van der Waals surface area contributed by atoms with Gasteiger partial charge in [0.2, 0.25) is 0 Å². The second-order valence-corrected chi connectivity index (χ2v) is 9.48. The van der Waals surface area contributed by atoms with Crippen LogP contribution in [0.1, 0.15) is 54.6 Å². The Morgan fingerprint density at radius 3 is 2.81 bits per heavy atom. The van der Waals surface area contributed by atoms with Crippen molar-refractivity contribution < 1.29 is 4.74 Å². The van der Waals surface area contributed by atoms with Gasteiger partial charge in [0.25, 0.3) is 0 Å². The predicted octanol–water partition coefficient (Wildman–Crippen LogP) is 4.29. The van der Waals surface area contributed by atoms with Crippen LogP contribution < -0.4 is 5.32 Å². The Morgan fingerprint density at radius 1 is 1.35 bits per heavy atom. The molecule has 0 bridgehead atoms. The number of piperidine rings is 1. The maximum absolute atomic E-state index is 5.37. The highest BCUT2D eigenvalue weighted by molar-refractivity contribution is 7.09. The largest absolute Gasteiger partial charge is 0.375 e. The van der Waals surface area contributed by atoms with Crippen LogP contribution in [0.25, 0.3) is 0 Å². The van der Waals surface area contributed by atoms with E-state index < -0.39 is 0 Å². The Labute approximate surface area is 191 Å². The van der Waals surface area contributed by atoms with Gasteiger partial charge in [-0.2, -0.15) is 0 Å². The van der Waals surface area contributed by atoms with E-state index in [-0.39, 0.29) is 6.10 Å². The molecular weight excluding hydrogens is 406 g/mol. The van der Waals surface area contributed by atoms with E-state index in [0.29, 0.717) is 6.54 Å². The first-order valence-electron chi connectivity index (χ1n) is 11.2. The Kier molecular flexibility index (Phi) is 8.87. The lowest BCUT2D eigenvalue weighted by Gasteiger charge is -2.30. The molecule has 7 heteroatoms. The van der Waals surface area contributed by atoms with Gasteiger partial charge in [0, 0.05) is 39.7 Å². The van der Waals surface area contributed by atoms with Crippen molar-refractivity contribution in [3.63, 3.8) is 0 Å². The van der Waals surface area contributed by atoms with Crippen LogP contribution in [0.4, 0.5) is 0 Å². The molecule has 1 atom stereocenters. The summed E-state index contributed by atoms with van der Waals surface area (Å²) < 4.78 is 5.37. The fourth-order valence-electron chi connectivity index (χ4n) is 3.88. The maximum atomic E-state index is 5.37. The molecule has 6 nitrogen and oxygen atoms in total. The summed E-state index contributed by atoms with van der Waals surface area (Å²) in [6.45, 7) is 9.31. The van der Waals surface area contributed by atoms with E-state index in [9.17, 15) is 0 Å². The lowest BCUT2D eigenvalue weighted by Crippen LogP contribution is -2.38. The third-order valence-corrected chi connectivity index (χ3v) is 7.02. The van der Waals surface area contributed by atoms with Crippen molar-refractivity contribution in [3.8, 4) is 0 Å². The van der Waals surface area contributed by atoms with Gasteiger partial charge >= 0.3 is 0 Å². The van der Waals surface area contributed by atoms with Crippen LogP contribution >= 0.6 is 11.3 Å². The van der Waals surface area contributed by atoms with Crippen molar-refractivity contribution in [1.29, 1.82) is 0 Å². The summed E-state index contributed by atoms with van der Waals surface area (Å²) in [6.07, 6.45) is 2.66.